The molecule has 24 heavy (non-hydrogen) atoms. The first-order valence-corrected chi connectivity index (χ1v) is 8.90. The minimum absolute atomic E-state index is 0.201. The maximum atomic E-state index is 12.2. The van der Waals surface area contributed by atoms with Gasteiger partial charge in [0.15, 0.2) is 0 Å². The Balaban J connectivity index is 1.53. The minimum atomic E-state index is -4.66. The molecule has 0 aromatic heterocycles. The van der Waals surface area contributed by atoms with Crippen LogP contribution in [0.25, 0.3) is 0 Å². The Bertz CT molecular complexity index is 541. The van der Waals surface area contributed by atoms with Crippen molar-refractivity contribution in [2.75, 3.05) is 0 Å². The van der Waals surface area contributed by atoms with Crippen molar-refractivity contribution in [3.8, 4) is 5.75 Å². The van der Waals surface area contributed by atoms with E-state index in [-0.39, 0.29) is 5.75 Å². The molecule has 2 aliphatic rings. The molecule has 1 unspecified atom stereocenters. The van der Waals surface area contributed by atoms with Gasteiger partial charge < -0.3 is 9.84 Å². The van der Waals surface area contributed by atoms with Gasteiger partial charge in [-0.15, -0.1) is 13.2 Å². The molecule has 0 heterocycles. The zero-order valence-corrected chi connectivity index (χ0v) is 13.8. The van der Waals surface area contributed by atoms with Gasteiger partial charge in [0.1, 0.15) is 5.75 Å². The number of halogens is 3. The normalized spacial score (nSPS) is 30.7. The van der Waals surface area contributed by atoms with Crippen molar-refractivity contribution >= 4 is 0 Å². The Hall–Kier alpha value is -1.23. The van der Waals surface area contributed by atoms with E-state index in [1.807, 2.05) is 0 Å². The highest BCUT2D eigenvalue weighted by Gasteiger charge is 2.39. The van der Waals surface area contributed by atoms with Gasteiger partial charge in [0.2, 0.25) is 0 Å². The third-order valence-corrected chi connectivity index (χ3v) is 5.73. The van der Waals surface area contributed by atoms with Crippen molar-refractivity contribution in [3.05, 3.63) is 29.8 Å². The summed E-state index contributed by atoms with van der Waals surface area (Å²) in [6.45, 7) is 0. The number of alkyl halides is 3. The standard InChI is InChI=1S/C19H25F3O2/c20-19(21,22)24-17-7-5-14(6-8-17)9-11-18(23)12-10-15-3-1-2-4-16(15)13-18/h5-8,15-16,23H,1-4,9-13H2/t15-,16-,18?/m0/s1. The lowest BCUT2D eigenvalue weighted by atomic mass is 9.65. The molecule has 134 valence electrons. The fraction of sp³-hybridized carbons (Fsp3) is 0.684. The first-order chi connectivity index (χ1) is 11.3. The zero-order chi connectivity index (χ0) is 17.2. The van der Waals surface area contributed by atoms with E-state index in [9.17, 15) is 18.3 Å². The molecule has 0 radical (unpaired) electrons. The SMILES string of the molecule is OC1(CCc2ccc(OC(F)(F)F)cc2)CC[C@@H]2CCCC[C@H]2C1. The third kappa shape index (κ3) is 4.65. The van der Waals surface area contributed by atoms with Crippen LogP contribution < -0.4 is 4.74 Å². The molecular weight excluding hydrogens is 317 g/mol. The molecule has 5 heteroatoms. The molecule has 0 bridgehead atoms. The molecule has 1 aromatic rings. The van der Waals surface area contributed by atoms with Crippen molar-refractivity contribution in [2.24, 2.45) is 11.8 Å². The van der Waals surface area contributed by atoms with E-state index in [1.165, 1.54) is 37.8 Å². The van der Waals surface area contributed by atoms with E-state index in [0.29, 0.717) is 18.8 Å². The highest BCUT2D eigenvalue weighted by molar-refractivity contribution is 5.27. The van der Waals surface area contributed by atoms with E-state index in [4.69, 9.17) is 0 Å². The van der Waals surface area contributed by atoms with E-state index >= 15 is 0 Å². The summed E-state index contributed by atoms with van der Waals surface area (Å²) >= 11 is 0. The number of benzene rings is 1. The molecule has 0 saturated heterocycles. The Morgan fingerprint density at radius 2 is 1.71 bits per heavy atom. The first-order valence-electron chi connectivity index (χ1n) is 8.90. The number of rotatable bonds is 4. The smallest absolute Gasteiger partial charge is 0.406 e. The Kier molecular flexibility index (Phi) is 5.09. The summed E-state index contributed by atoms with van der Waals surface area (Å²) in [4.78, 5) is 0. The number of hydrogen-bond donors (Lipinski definition) is 1. The average Bonchev–Trinajstić information content (AvgIpc) is 2.53. The van der Waals surface area contributed by atoms with Crippen molar-refractivity contribution < 1.29 is 23.0 Å². The summed E-state index contributed by atoms with van der Waals surface area (Å²) in [6, 6.07) is 5.98. The van der Waals surface area contributed by atoms with Crippen LogP contribution in [0.1, 0.15) is 56.9 Å². The van der Waals surface area contributed by atoms with Crippen LogP contribution in [0.2, 0.25) is 0 Å². The summed E-state index contributed by atoms with van der Waals surface area (Å²) in [5, 5.41) is 10.9. The maximum absolute atomic E-state index is 12.2. The second kappa shape index (κ2) is 6.95. The second-order valence-electron chi connectivity index (χ2n) is 7.46. The number of fused-ring (bicyclic) bond motifs is 1. The third-order valence-electron chi connectivity index (χ3n) is 5.73. The Morgan fingerprint density at radius 1 is 1.04 bits per heavy atom. The Morgan fingerprint density at radius 3 is 2.38 bits per heavy atom. The van der Waals surface area contributed by atoms with Crippen molar-refractivity contribution in [1.82, 2.24) is 0 Å². The minimum Gasteiger partial charge on any atom is -0.406 e. The molecule has 3 atom stereocenters. The van der Waals surface area contributed by atoms with Crippen LogP contribution in [0, 0.1) is 11.8 Å². The van der Waals surface area contributed by atoms with Gasteiger partial charge in [0.05, 0.1) is 5.60 Å². The predicted octanol–water partition coefficient (Wildman–Crippen LogP) is 5.24. The number of hydrogen-bond acceptors (Lipinski definition) is 2. The highest BCUT2D eigenvalue weighted by atomic mass is 19.4. The molecule has 0 amide bonds. The maximum Gasteiger partial charge on any atom is 0.573 e. The fourth-order valence-electron chi connectivity index (χ4n) is 4.44. The van der Waals surface area contributed by atoms with Crippen LogP contribution in [0.3, 0.4) is 0 Å². The molecule has 0 spiro atoms. The first kappa shape index (κ1) is 17.6. The number of aliphatic hydroxyl groups is 1. The van der Waals surface area contributed by atoms with Crippen LogP contribution in [-0.2, 0) is 6.42 Å². The summed E-state index contributed by atoms with van der Waals surface area (Å²) in [5.74, 6) is 1.24. The molecule has 2 aliphatic carbocycles. The lowest BCUT2D eigenvalue weighted by Crippen LogP contribution is -2.40. The summed E-state index contributed by atoms with van der Waals surface area (Å²) < 4.78 is 40.4. The van der Waals surface area contributed by atoms with Gasteiger partial charge in [-0.1, -0.05) is 37.8 Å². The summed E-state index contributed by atoms with van der Waals surface area (Å²) in [5.41, 5.74) is 0.323. The van der Waals surface area contributed by atoms with Crippen LogP contribution in [0.4, 0.5) is 13.2 Å². The van der Waals surface area contributed by atoms with Gasteiger partial charge in [0, 0.05) is 0 Å². The van der Waals surface area contributed by atoms with Crippen LogP contribution >= 0.6 is 0 Å². The quantitative estimate of drug-likeness (QED) is 0.811. The molecular formula is C19H25F3O2. The molecule has 3 rings (SSSR count). The second-order valence-corrected chi connectivity index (χ2v) is 7.46. The van der Waals surface area contributed by atoms with E-state index in [0.717, 1.165) is 30.7 Å². The van der Waals surface area contributed by atoms with Gasteiger partial charge in [-0.3, -0.25) is 0 Å². The molecule has 1 N–H and O–H groups in total. The Labute approximate surface area is 141 Å². The highest BCUT2D eigenvalue weighted by Crippen LogP contribution is 2.45. The lowest BCUT2D eigenvalue weighted by molar-refractivity contribution is -0.274. The van der Waals surface area contributed by atoms with E-state index < -0.39 is 12.0 Å². The van der Waals surface area contributed by atoms with Crippen molar-refractivity contribution in [1.29, 1.82) is 0 Å². The van der Waals surface area contributed by atoms with E-state index in [1.54, 1.807) is 12.1 Å². The van der Waals surface area contributed by atoms with Crippen molar-refractivity contribution in [2.45, 2.75) is 69.8 Å². The molecule has 1 aromatic carbocycles. The van der Waals surface area contributed by atoms with Gasteiger partial charge in [0.25, 0.3) is 0 Å². The molecule has 2 fully saturated rings. The monoisotopic (exact) mass is 342 g/mol. The van der Waals surface area contributed by atoms with Crippen LogP contribution in [-0.4, -0.2) is 17.1 Å². The van der Waals surface area contributed by atoms with E-state index in [2.05, 4.69) is 4.74 Å². The predicted molar refractivity (Wildman–Crippen MR) is 85.7 cm³/mol. The van der Waals surface area contributed by atoms with Crippen LogP contribution in [0.15, 0.2) is 24.3 Å². The number of ether oxygens (including phenoxy) is 1. The molecule has 0 aliphatic heterocycles. The van der Waals surface area contributed by atoms with Gasteiger partial charge in [-0.05, 0) is 61.6 Å². The molecule has 2 nitrogen and oxygen atoms in total. The topological polar surface area (TPSA) is 29.5 Å². The van der Waals surface area contributed by atoms with Crippen molar-refractivity contribution in [3.63, 3.8) is 0 Å². The lowest BCUT2D eigenvalue weighted by Gasteiger charge is -2.44. The summed E-state index contributed by atoms with van der Waals surface area (Å²) in [7, 11) is 0. The summed E-state index contributed by atoms with van der Waals surface area (Å²) in [6.07, 6.45) is 4.68. The largest absolute Gasteiger partial charge is 0.573 e. The fourth-order valence-corrected chi connectivity index (χ4v) is 4.44. The van der Waals surface area contributed by atoms with Gasteiger partial charge in [-0.2, -0.15) is 0 Å². The van der Waals surface area contributed by atoms with Gasteiger partial charge in [-0.25, -0.2) is 0 Å². The average molecular weight is 342 g/mol. The van der Waals surface area contributed by atoms with Gasteiger partial charge >= 0.3 is 6.36 Å². The van der Waals surface area contributed by atoms with Crippen LogP contribution in [0.5, 0.6) is 5.75 Å². The molecule has 2 saturated carbocycles. The number of aryl methyl sites for hydroxylation is 1. The zero-order valence-electron chi connectivity index (χ0n) is 13.8.